The van der Waals surface area contributed by atoms with Crippen LogP contribution in [0.1, 0.15) is 46.1 Å². The fraction of sp³-hybridized carbons (Fsp3) is 0.421. The van der Waals surface area contributed by atoms with Crippen molar-refractivity contribution in [3.63, 3.8) is 0 Å². The van der Waals surface area contributed by atoms with Crippen LogP contribution in [-0.2, 0) is 6.54 Å². The maximum Gasteiger partial charge on any atom is 0.319 e. The quantitative estimate of drug-likeness (QED) is 0.881. The predicted molar refractivity (Wildman–Crippen MR) is 98.2 cm³/mol. The highest BCUT2D eigenvalue weighted by atomic mass is 16.4. The van der Waals surface area contributed by atoms with Crippen LogP contribution in [0.15, 0.2) is 22.6 Å². The smallest absolute Gasteiger partial charge is 0.319 e. The number of carbonyl (C=O) groups excluding carboxylic acids is 2. The maximum absolute atomic E-state index is 12.4. The van der Waals surface area contributed by atoms with E-state index >= 15 is 0 Å². The van der Waals surface area contributed by atoms with Gasteiger partial charge in [0.1, 0.15) is 5.76 Å². The minimum Gasteiger partial charge on any atom is -0.443 e. The molecule has 0 aliphatic carbocycles. The second-order valence-corrected chi connectivity index (χ2v) is 6.64. The lowest BCUT2D eigenvalue weighted by Gasteiger charge is -2.13. The van der Waals surface area contributed by atoms with Crippen LogP contribution < -0.4 is 10.6 Å². The van der Waals surface area contributed by atoms with Crippen molar-refractivity contribution in [1.29, 1.82) is 0 Å². The van der Waals surface area contributed by atoms with Gasteiger partial charge in [-0.05, 0) is 45.2 Å². The van der Waals surface area contributed by atoms with Crippen molar-refractivity contribution in [1.82, 2.24) is 15.2 Å². The molecule has 3 rings (SSSR count). The van der Waals surface area contributed by atoms with Crippen LogP contribution >= 0.6 is 0 Å². The molecule has 0 unspecified atom stereocenters. The van der Waals surface area contributed by atoms with E-state index in [1.165, 1.54) is 0 Å². The molecule has 1 fully saturated rings. The molecule has 138 valence electrons. The molecule has 1 aromatic heterocycles. The molecular formula is C19H24N4O3. The van der Waals surface area contributed by atoms with Gasteiger partial charge in [-0.1, -0.05) is 17.7 Å². The third kappa shape index (κ3) is 4.04. The average Bonchev–Trinajstić information content (AvgIpc) is 3.25. The highest BCUT2D eigenvalue weighted by Crippen LogP contribution is 2.17. The van der Waals surface area contributed by atoms with Crippen molar-refractivity contribution in [2.24, 2.45) is 0 Å². The molecule has 2 aromatic rings. The maximum atomic E-state index is 12.4. The number of carbonyl (C=O) groups is 2. The number of aryl methyl sites for hydroxylation is 3. The monoisotopic (exact) mass is 356 g/mol. The summed E-state index contributed by atoms with van der Waals surface area (Å²) >= 11 is 0. The molecule has 2 N–H and O–H groups in total. The van der Waals surface area contributed by atoms with Crippen LogP contribution in [0.3, 0.4) is 0 Å². The van der Waals surface area contributed by atoms with Crippen molar-refractivity contribution in [2.75, 3.05) is 18.4 Å². The second kappa shape index (κ2) is 7.59. The van der Waals surface area contributed by atoms with Gasteiger partial charge in [0.2, 0.25) is 5.89 Å². The van der Waals surface area contributed by atoms with E-state index in [9.17, 15) is 9.59 Å². The standard InChI is InChI=1S/C19H24N4O3/c1-12-6-7-15(13(2)10-12)21-19(25)20-11-16-22-17(14(3)26-16)18(24)23-8-4-5-9-23/h6-7,10H,4-5,8-9,11H2,1-3H3,(H2,20,21,25). The van der Waals surface area contributed by atoms with E-state index in [2.05, 4.69) is 15.6 Å². The molecule has 0 bridgehead atoms. The molecule has 26 heavy (non-hydrogen) atoms. The summed E-state index contributed by atoms with van der Waals surface area (Å²) in [6.07, 6.45) is 2.05. The fourth-order valence-corrected chi connectivity index (χ4v) is 3.07. The van der Waals surface area contributed by atoms with E-state index in [4.69, 9.17) is 4.42 Å². The molecule has 0 radical (unpaired) electrons. The van der Waals surface area contributed by atoms with Gasteiger partial charge >= 0.3 is 6.03 Å². The van der Waals surface area contributed by atoms with Crippen molar-refractivity contribution < 1.29 is 14.0 Å². The number of nitrogens with zero attached hydrogens (tertiary/aromatic N) is 2. The Labute approximate surface area is 152 Å². The average molecular weight is 356 g/mol. The fourth-order valence-electron chi connectivity index (χ4n) is 3.07. The zero-order valence-corrected chi connectivity index (χ0v) is 15.4. The number of urea groups is 1. The molecule has 0 saturated carbocycles. The van der Waals surface area contributed by atoms with Crippen LogP contribution in [0.2, 0.25) is 0 Å². The summed E-state index contributed by atoms with van der Waals surface area (Å²) in [5.41, 5.74) is 3.21. The third-order valence-corrected chi connectivity index (χ3v) is 4.47. The van der Waals surface area contributed by atoms with Crippen LogP contribution in [0.5, 0.6) is 0 Å². The van der Waals surface area contributed by atoms with Crippen LogP contribution in [0.25, 0.3) is 0 Å². The Kier molecular flexibility index (Phi) is 5.25. The molecule has 1 aliphatic heterocycles. The van der Waals surface area contributed by atoms with E-state index < -0.39 is 0 Å². The van der Waals surface area contributed by atoms with Crippen molar-refractivity contribution in [2.45, 2.75) is 40.2 Å². The second-order valence-electron chi connectivity index (χ2n) is 6.64. The number of nitrogens with one attached hydrogen (secondary N) is 2. The molecule has 1 aliphatic rings. The zero-order valence-electron chi connectivity index (χ0n) is 15.4. The molecule has 1 saturated heterocycles. The van der Waals surface area contributed by atoms with Gasteiger partial charge in [0.25, 0.3) is 5.91 Å². The van der Waals surface area contributed by atoms with Gasteiger partial charge in [-0.25, -0.2) is 9.78 Å². The number of amides is 3. The molecule has 1 aromatic carbocycles. The summed E-state index contributed by atoms with van der Waals surface area (Å²) in [5, 5.41) is 5.51. The van der Waals surface area contributed by atoms with Crippen molar-refractivity contribution in [3.05, 3.63) is 46.7 Å². The first kappa shape index (κ1) is 18.0. The van der Waals surface area contributed by atoms with E-state index in [0.717, 1.165) is 42.7 Å². The van der Waals surface area contributed by atoms with Crippen LogP contribution in [-0.4, -0.2) is 34.9 Å². The number of anilines is 1. The van der Waals surface area contributed by atoms with Crippen molar-refractivity contribution in [3.8, 4) is 0 Å². The largest absolute Gasteiger partial charge is 0.443 e. The molecular weight excluding hydrogens is 332 g/mol. The van der Waals surface area contributed by atoms with Gasteiger partial charge in [0.05, 0.1) is 6.54 Å². The van der Waals surface area contributed by atoms with E-state index in [-0.39, 0.29) is 18.5 Å². The van der Waals surface area contributed by atoms with Gasteiger partial charge in [0, 0.05) is 18.8 Å². The van der Waals surface area contributed by atoms with Crippen LogP contribution in [0, 0.1) is 20.8 Å². The van der Waals surface area contributed by atoms with E-state index in [1.54, 1.807) is 11.8 Å². The molecule has 0 atom stereocenters. The first-order chi connectivity index (χ1) is 12.4. The van der Waals surface area contributed by atoms with E-state index in [0.29, 0.717) is 17.3 Å². The third-order valence-electron chi connectivity index (χ3n) is 4.47. The van der Waals surface area contributed by atoms with Gasteiger partial charge in [-0.3, -0.25) is 4.79 Å². The van der Waals surface area contributed by atoms with Gasteiger partial charge in [-0.15, -0.1) is 0 Å². The number of hydrogen-bond acceptors (Lipinski definition) is 4. The summed E-state index contributed by atoms with van der Waals surface area (Å²) < 4.78 is 5.53. The Morgan fingerprint density at radius 3 is 2.62 bits per heavy atom. The molecule has 7 heteroatoms. The number of oxazole rings is 1. The first-order valence-corrected chi connectivity index (χ1v) is 8.81. The number of hydrogen-bond donors (Lipinski definition) is 2. The molecule has 2 heterocycles. The summed E-state index contributed by atoms with van der Waals surface area (Å²) in [6, 6.07) is 5.46. The molecule has 0 spiro atoms. The van der Waals surface area contributed by atoms with Gasteiger partial charge < -0.3 is 20.0 Å². The number of rotatable bonds is 4. The first-order valence-electron chi connectivity index (χ1n) is 8.81. The Hall–Kier alpha value is -2.83. The predicted octanol–water partition coefficient (Wildman–Crippen LogP) is 3.16. The minimum absolute atomic E-state index is 0.102. The van der Waals surface area contributed by atoms with Crippen LogP contribution in [0.4, 0.5) is 10.5 Å². The number of benzene rings is 1. The lowest BCUT2D eigenvalue weighted by molar-refractivity contribution is 0.0786. The molecule has 3 amide bonds. The number of aromatic nitrogens is 1. The topological polar surface area (TPSA) is 87.5 Å². The lowest BCUT2D eigenvalue weighted by Crippen LogP contribution is -2.29. The Morgan fingerprint density at radius 1 is 1.19 bits per heavy atom. The Balaban J connectivity index is 1.58. The molecule has 7 nitrogen and oxygen atoms in total. The van der Waals surface area contributed by atoms with Crippen molar-refractivity contribution >= 4 is 17.6 Å². The highest BCUT2D eigenvalue weighted by molar-refractivity contribution is 5.93. The summed E-state index contributed by atoms with van der Waals surface area (Å²) in [4.78, 5) is 30.6. The summed E-state index contributed by atoms with van der Waals surface area (Å²) in [6.45, 7) is 7.30. The zero-order chi connectivity index (χ0) is 18.7. The SMILES string of the molecule is Cc1ccc(NC(=O)NCc2nc(C(=O)N3CCCC3)c(C)o2)c(C)c1. The minimum atomic E-state index is -0.347. The highest BCUT2D eigenvalue weighted by Gasteiger charge is 2.25. The summed E-state index contributed by atoms with van der Waals surface area (Å²) in [5.74, 6) is 0.698. The van der Waals surface area contributed by atoms with E-state index in [1.807, 2.05) is 32.0 Å². The Bertz CT molecular complexity index is 822. The van der Waals surface area contributed by atoms with Gasteiger partial charge in [0.15, 0.2) is 5.69 Å². The normalized spacial score (nSPS) is 13.7. The lowest BCUT2D eigenvalue weighted by atomic mass is 10.1. The summed E-state index contributed by atoms with van der Waals surface area (Å²) in [7, 11) is 0. The number of likely N-dealkylation sites (tertiary alicyclic amines) is 1. The Morgan fingerprint density at radius 2 is 1.92 bits per heavy atom. The van der Waals surface area contributed by atoms with Gasteiger partial charge in [-0.2, -0.15) is 0 Å².